The van der Waals surface area contributed by atoms with Crippen molar-refractivity contribution >= 4 is 0 Å². The molecule has 0 aliphatic rings. The molecule has 0 heterocycles. The second kappa shape index (κ2) is 7.73. The maximum atomic E-state index is 13.2. The summed E-state index contributed by atoms with van der Waals surface area (Å²) < 4.78 is 18.0. The van der Waals surface area contributed by atoms with Gasteiger partial charge < -0.3 is 15.6 Å². The molecule has 0 spiro atoms. The Morgan fingerprint density at radius 1 is 1.53 bits per heavy atom. The van der Waals surface area contributed by atoms with E-state index in [-0.39, 0.29) is 70.1 Å². The van der Waals surface area contributed by atoms with E-state index < -0.39 is 11.9 Å². The van der Waals surface area contributed by atoms with E-state index in [9.17, 15) is 9.50 Å². The fraction of sp³-hybridized carbons (Fsp3) is 0.400. The monoisotopic (exact) mass is 237 g/mol. The van der Waals surface area contributed by atoms with Gasteiger partial charge in [0.25, 0.3) is 0 Å². The zero-order chi connectivity index (χ0) is 10.6. The van der Waals surface area contributed by atoms with Gasteiger partial charge in [-0.2, -0.15) is 0 Å². The van der Waals surface area contributed by atoms with Crippen LogP contribution in [0.1, 0.15) is 18.1 Å². The van der Waals surface area contributed by atoms with Crippen molar-refractivity contribution in [2.24, 2.45) is 0 Å². The standard InChI is InChI=1S/C10H13FNO2.K/c1-14-10-7(9(13)5-6-12)3-2-4-8(10)11;/h2-4,9,12-13H,5-6H2,1H3;/q-1;+1. The number of aliphatic hydroxyl groups is 1. The topological polar surface area (TPSA) is 53.3 Å². The summed E-state index contributed by atoms with van der Waals surface area (Å²) in [7, 11) is 1.36. The molecule has 0 aliphatic carbocycles. The summed E-state index contributed by atoms with van der Waals surface area (Å²) in [5, 5.41) is 9.59. The predicted octanol–water partition coefficient (Wildman–Crippen LogP) is -0.686. The van der Waals surface area contributed by atoms with Gasteiger partial charge >= 0.3 is 51.4 Å². The molecule has 0 fully saturated rings. The Labute approximate surface area is 131 Å². The fourth-order valence-corrected chi connectivity index (χ4v) is 1.30. The minimum atomic E-state index is -0.835. The molecule has 0 radical (unpaired) electrons. The van der Waals surface area contributed by atoms with E-state index in [1.807, 2.05) is 0 Å². The first-order valence-corrected chi connectivity index (χ1v) is 4.35. The van der Waals surface area contributed by atoms with Gasteiger partial charge in [-0.1, -0.05) is 12.1 Å². The number of ether oxygens (including phenoxy) is 1. The first kappa shape index (κ1) is 15.5. The van der Waals surface area contributed by atoms with Crippen LogP contribution in [0.5, 0.6) is 5.75 Å². The van der Waals surface area contributed by atoms with Crippen molar-refractivity contribution in [1.82, 2.24) is 0 Å². The summed E-state index contributed by atoms with van der Waals surface area (Å²) in [4.78, 5) is 0. The Morgan fingerprint density at radius 3 is 2.73 bits per heavy atom. The third-order valence-corrected chi connectivity index (χ3v) is 1.98. The van der Waals surface area contributed by atoms with Crippen LogP contribution in [0.3, 0.4) is 0 Å². The van der Waals surface area contributed by atoms with Crippen LogP contribution in [0.4, 0.5) is 4.39 Å². The summed E-state index contributed by atoms with van der Waals surface area (Å²) in [6, 6.07) is 4.39. The second-order valence-electron chi connectivity index (χ2n) is 2.92. The fourth-order valence-electron chi connectivity index (χ4n) is 1.30. The van der Waals surface area contributed by atoms with Gasteiger partial charge in [0.2, 0.25) is 0 Å². The Balaban J connectivity index is 0.00000196. The van der Waals surface area contributed by atoms with Crippen molar-refractivity contribution in [3.05, 3.63) is 35.3 Å². The molecule has 0 amide bonds. The van der Waals surface area contributed by atoms with E-state index in [2.05, 4.69) is 0 Å². The molecule has 1 aromatic rings. The molecule has 0 bridgehead atoms. The van der Waals surface area contributed by atoms with Gasteiger partial charge in [-0.05, 0) is 12.5 Å². The minimum Gasteiger partial charge on any atom is -0.677 e. The van der Waals surface area contributed by atoms with Crippen LogP contribution in [0, 0.1) is 5.82 Å². The van der Waals surface area contributed by atoms with Gasteiger partial charge in [0.05, 0.1) is 13.2 Å². The summed E-state index contributed by atoms with van der Waals surface area (Å²) in [5.74, 6) is -0.428. The number of hydrogen-bond acceptors (Lipinski definition) is 2. The Kier molecular flexibility index (Phi) is 7.99. The van der Waals surface area contributed by atoms with Gasteiger partial charge in [0.15, 0.2) is 11.6 Å². The molecule has 1 rings (SSSR count). The van der Waals surface area contributed by atoms with Gasteiger partial charge in [0.1, 0.15) is 0 Å². The van der Waals surface area contributed by atoms with Crippen LogP contribution in [0.2, 0.25) is 0 Å². The van der Waals surface area contributed by atoms with E-state index in [0.29, 0.717) is 5.56 Å². The van der Waals surface area contributed by atoms with Crippen molar-refractivity contribution in [3.63, 3.8) is 0 Å². The summed E-state index contributed by atoms with van der Waals surface area (Å²) in [6.07, 6.45) is -0.557. The van der Waals surface area contributed by atoms with Crippen LogP contribution >= 0.6 is 0 Å². The molecule has 0 aromatic heterocycles. The minimum absolute atomic E-state index is 0. The van der Waals surface area contributed by atoms with E-state index in [4.69, 9.17) is 10.5 Å². The van der Waals surface area contributed by atoms with Crippen LogP contribution in [-0.4, -0.2) is 18.8 Å². The summed E-state index contributed by atoms with van der Waals surface area (Å²) >= 11 is 0. The van der Waals surface area contributed by atoms with Crippen molar-refractivity contribution in [3.8, 4) is 5.75 Å². The molecule has 78 valence electrons. The summed E-state index contributed by atoms with van der Waals surface area (Å²) in [6.45, 7) is 0.0980. The molecular formula is C10H13FKNO2. The van der Waals surface area contributed by atoms with Crippen LogP contribution < -0.4 is 56.1 Å². The average Bonchev–Trinajstić information content (AvgIpc) is 2.17. The molecule has 3 nitrogen and oxygen atoms in total. The average molecular weight is 237 g/mol. The number of methoxy groups -OCH3 is 1. The molecule has 1 unspecified atom stereocenters. The smallest absolute Gasteiger partial charge is 0.677 e. The molecule has 1 aromatic carbocycles. The van der Waals surface area contributed by atoms with Crippen LogP contribution in [0.25, 0.3) is 5.73 Å². The van der Waals surface area contributed by atoms with E-state index in [1.54, 1.807) is 6.07 Å². The molecular weight excluding hydrogens is 224 g/mol. The number of hydrogen-bond donors (Lipinski definition) is 1. The number of aliphatic hydroxyl groups excluding tert-OH is 1. The molecule has 5 heteroatoms. The van der Waals surface area contributed by atoms with Gasteiger partial charge in [-0.3, -0.25) is 0 Å². The zero-order valence-electron chi connectivity index (χ0n) is 8.96. The SMILES string of the molecule is COc1c(F)cccc1C(O)CC[NH-].[K+]. The number of para-hydroxylation sites is 1. The van der Waals surface area contributed by atoms with Gasteiger partial charge in [-0.25, -0.2) is 4.39 Å². The molecule has 0 aliphatic heterocycles. The molecule has 2 N–H and O–H groups in total. The van der Waals surface area contributed by atoms with Crippen LogP contribution in [-0.2, 0) is 0 Å². The molecule has 15 heavy (non-hydrogen) atoms. The number of nitrogens with one attached hydrogen (secondary N) is 1. The van der Waals surface area contributed by atoms with E-state index in [0.717, 1.165) is 0 Å². The number of benzene rings is 1. The van der Waals surface area contributed by atoms with Crippen molar-refractivity contribution in [1.29, 1.82) is 0 Å². The quantitative estimate of drug-likeness (QED) is 0.705. The van der Waals surface area contributed by atoms with Gasteiger partial charge in [0, 0.05) is 5.56 Å². The maximum absolute atomic E-state index is 13.2. The first-order valence-electron chi connectivity index (χ1n) is 4.35. The molecule has 1 atom stereocenters. The summed E-state index contributed by atoms with van der Waals surface area (Å²) in [5.41, 5.74) is 7.37. The largest absolute Gasteiger partial charge is 1.00 e. The Hall–Kier alpha value is 0.506. The van der Waals surface area contributed by atoms with Crippen LogP contribution in [0.15, 0.2) is 18.2 Å². The predicted molar refractivity (Wildman–Crippen MR) is 51.7 cm³/mol. The zero-order valence-corrected chi connectivity index (χ0v) is 12.1. The third-order valence-electron chi connectivity index (χ3n) is 1.98. The van der Waals surface area contributed by atoms with Crippen molar-refractivity contribution < 1.29 is 65.6 Å². The Bertz CT molecular complexity index is 309. The van der Waals surface area contributed by atoms with Crippen molar-refractivity contribution in [2.45, 2.75) is 12.5 Å². The second-order valence-corrected chi connectivity index (χ2v) is 2.92. The maximum Gasteiger partial charge on any atom is 1.00 e. The van der Waals surface area contributed by atoms with Gasteiger partial charge in [-0.15, -0.1) is 6.54 Å². The van der Waals surface area contributed by atoms with E-state index >= 15 is 0 Å². The Morgan fingerprint density at radius 2 is 2.20 bits per heavy atom. The van der Waals surface area contributed by atoms with E-state index in [1.165, 1.54) is 19.2 Å². The normalized spacial score (nSPS) is 11.7. The first-order chi connectivity index (χ1) is 6.70. The molecule has 0 saturated heterocycles. The number of halogens is 1. The third kappa shape index (κ3) is 4.11. The van der Waals surface area contributed by atoms with Crippen molar-refractivity contribution in [2.75, 3.05) is 13.7 Å². The molecule has 0 saturated carbocycles. The number of rotatable bonds is 4.